The molecule has 5 nitrogen and oxygen atoms in total. The maximum Gasteiger partial charge on any atom is 0.235 e. The molecule has 0 fully saturated rings. The zero-order chi connectivity index (χ0) is 12.1. The van der Waals surface area contributed by atoms with Crippen LogP contribution in [0.4, 0.5) is 0 Å². The van der Waals surface area contributed by atoms with Gasteiger partial charge in [-0.3, -0.25) is 4.79 Å². The average Bonchev–Trinajstić information content (AvgIpc) is 2.14. The van der Waals surface area contributed by atoms with Crippen LogP contribution in [0.2, 0.25) is 0 Å². The van der Waals surface area contributed by atoms with E-state index in [1.807, 2.05) is 0 Å². The van der Waals surface area contributed by atoms with Crippen LogP contribution in [0, 0.1) is 0 Å². The van der Waals surface area contributed by atoms with Gasteiger partial charge in [-0.1, -0.05) is 6.92 Å². The van der Waals surface area contributed by atoms with Gasteiger partial charge in [0.25, 0.3) is 0 Å². The molecule has 0 aliphatic rings. The summed E-state index contributed by atoms with van der Waals surface area (Å²) in [5.41, 5.74) is 0. The first-order valence-corrected chi connectivity index (χ1v) is 6.62. The molecule has 0 aliphatic carbocycles. The maximum absolute atomic E-state index is 11.7. The number of hydrogen-bond donors (Lipinski definition) is 1. The molecule has 15 heavy (non-hydrogen) atoms. The second kappa shape index (κ2) is 6.07. The fourth-order valence-corrected chi connectivity index (χ4v) is 2.35. The molecule has 0 heterocycles. The molecule has 0 aromatic heterocycles. The number of nitrogens with zero attached hydrogens (tertiary/aromatic N) is 1. The Hall–Kier alpha value is -0.620. The first kappa shape index (κ1) is 14.4. The minimum absolute atomic E-state index is 0.0924. The van der Waals surface area contributed by atoms with Crippen LogP contribution in [0.15, 0.2) is 0 Å². The monoisotopic (exact) mass is 236 g/mol. The second-order valence-electron chi connectivity index (χ2n) is 3.47. The molecule has 0 saturated carbocycles. The van der Waals surface area contributed by atoms with Crippen LogP contribution in [0.25, 0.3) is 0 Å². The first-order chi connectivity index (χ1) is 6.86. The number of sulfonamides is 1. The van der Waals surface area contributed by atoms with Crippen LogP contribution < -0.4 is 5.32 Å². The van der Waals surface area contributed by atoms with Crippen molar-refractivity contribution in [3.8, 4) is 0 Å². The van der Waals surface area contributed by atoms with Gasteiger partial charge in [0.15, 0.2) is 0 Å². The number of amides is 1. The van der Waals surface area contributed by atoms with E-state index >= 15 is 0 Å². The summed E-state index contributed by atoms with van der Waals surface area (Å²) in [5, 5.41) is 2.08. The largest absolute Gasteiger partial charge is 0.355 e. The Morgan fingerprint density at radius 2 is 1.87 bits per heavy atom. The van der Waals surface area contributed by atoms with Crippen molar-refractivity contribution in [2.75, 3.05) is 19.6 Å². The van der Waals surface area contributed by atoms with E-state index in [9.17, 15) is 13.2 Å². The third kappa shape index (κ3) is 4.17. The zero-order valence-electron chi connectivity index (χ0n) is 9.78. The molecule has 6 heteroatoms. The maximum atomic E-state index is 11.7. The topological polar surface area (TPSA) is 66.5 Å². The number of hydrogen-bond acceptors (Lipinski definition) is 3. The molecule has 0 aliphatic heterocycles. The van der Waals surface area contributed by atoms with E-state index in [4.69, 9.17) is 0 Å². The van der Waals surface area contributed by atoms with Crippen molar-refractivity contribution in [3.05, 3.63) is 0 Å². The summed E-state index contributed by atoms with van der Waals surface area (Å²) in [7, 11) is -3.33. The Labute approximate surface area is 91.9 Å². The zero-order valence-corrected chi connectivity index (χ0v) is 10.6. The van der Waals surface area contributed by atoms with Crippen molar-refractivity contribution in [1.29, 1.82) is 0 Å². The fourth-order valence-electron chi connectivity index (χ4n) is 1.09. The van der Waals surface area contributed by atoms with Gasteiger partial charge in [0.2, 0.25) is 15.9 Å². The molecule has 0 spiro atoms. The van der Waals surface area contributed by atoms with Gasteiger partial charge in [-0.25, -0.2) is 8.42 Å². The van der Waals surface area contributed by atoms with Crippen LogP contribution in [0.1, 0.15) is 27.7 Å². The molecule has 0 saturated heterocycles. The van der Waals surface area contributed by atoms with Crippen molar-refractivity contribution in [2.24, 2.45) is 0 Å². The second-order valence-corrected chi connectivity index (χ2v) is 5.96. The summed E-state index contributed by atoms with van der Waals surface area (Å²) < 4.78 is 24.7. The lowest BCUT2D eigenvalue weighted by molar-refractivity contribution is -0.121. The van der Waals surface area contributed by atoms with Crippen molar-refractivity contribution < 1.29 is 13.2 Å². The highest BCUT2D eigenvalue weighted by Crippen LogP contribution is 2.07. The van der Waals surface area contributed by atoms with E-state index in [-0.39, 0.29) is 12.5 Å². The molecular weight excluding hydrogens is 216 g/mol. The summed E-state index contributed by atoms with van der Waals surface area (Å²) in [6.07, 6.45) is 0. The lowest BCUT2D eigenvalue weighted by atomic mass is 10.5. The van der Waals surface area contributed by atoms with E-state index in [1.54, 1.807) is 27.7 Å². The van der Waals surface area contributed by atoms with E-state index in [2.05, 4.69) is 5.32 Å². The van der Waals surface area contributed by atoms with E-state index < -0.39 is 15.3 Å². The van der Waals surface area contributed by atoms with E-state index in [1.165, 1.54) is 4.31 Å². The molecule has 90 valence electrons. The van der Waals surface area contributed by atoms with Crippen LogP contribution >= 0.6 is 0 Å². The highest BCUT2D eigenvalue weighted by atomic mass is 32.2. The third-order valence-electron chi connectivity index (χ3n) is 2.00. The first-order valence-electron chi connectivity index (χ1n) is 5.11. The Kier molecular flexibility index (Phi) is 5.82. The summed E-state index contributed by atoms with van der Waals surface area (Å²) in [6, 6.07) is 0. The number of carbonyl (C=O) groups is 1. The van der Waals surface area contributed by atoms with Crippen LogP contribution in [0.3, 0.4) is 0 Å². The molecule has 0 aromatic rings. The van der Waals surface area contributed by atoms with Crippen LogP contribution in [-0.4, -0.2) is 43.5 Å². The van der Waals surface area contributed by atoms with Gasteiger partial charge in [0, 0.05) is 13.1 Å². The van der Waals surface area contributed by atoms with Crippen molar-refractivity contribution in [1.82, 2.24) is 9.62 Å². The predicted molar refractivity (Wildman–Crippen MR) is 60.0 cm³/mol. The molecule has 0 unspecified atom stereocenters. The average molecular weight is 236 g/mol. The summed E-state index contributed by atoms with van der Waals surface area (Å²) in [6.45, 7) is 7.47. The van der Waals surface area contributed by atoms with Gasteiger partial charge < -0.3 is 5.32 Å². The van der Waals surface area contributed by atoms with Crippen molar-refractivity contribution in [2.45, 2.75) is 32.9 Å². The molecule has 0 bridgehead atoms. The van der Waals surface area contributed by atoms with Gasteiger partial charge in [0.05, 0.1) is 11.8 Å². The van der Waals surface area contributed by atoms with Gasteiger partial charge in [-0.05, 0) is 20.8 Å². The van der Waals surface area contributed by atoms with E-state index in [0.717, 1.165) is 0 Å². The minimum atomic E-state index is -3.33. The highest BCUT2D eigenvalue weighted by molar-refractivity contribution is 7.89. The SMILES string of the molecule is CCNC(=O)CN(CC)S(=O)(=O)C(C)C. The molecule has 0 rings (SSSR count). The summed E-state index contributed by atoms with van der Waals surface area (Å²) >= 11 is 0. The number of carbonyl (C=O) groups excluding carboxylic acids is 1. The van der Waals surface area contributed by atoms with Crippen molar-refractivity contribution >= 4 is 15.9 Å². The minimum Gasteiger partial charge on any atom is -0.355 e. The molecule has 1 amide bonds. The quantitative estimate of drug-likeness (QED) is 0.715. The Bertz CT molecular complexity index is 298. The Morgan fingerprint density at radius 3 is 2.20 bits per heavy atom. The predicted octanol–water partition coefficient (Wildman–Crippen LogP) is 0.183. The van der Waals surface area contributed by atoms with E-state index in [0.29, 0.717) is 13.1 Å². The lowest BCUT2D eigenvalue weighted by Gasteiger charge is -2.21. The molecule has 0 radical (unpaired) electrons. The van der Waals surface area contributed by atoms with Gasteiger partial charge >= 0.3 is 0 Å². The Balaban J connectivity index is 4.58. The molecule has 0 aromatic carbocycles. The molecular formula is C9H20N2O3S. The number of rotatable bonds is 6. The summed E-state index contributed by atoms with van der Waals surface area (Å²) in [4.78, 5) is 11.3. The van der Waals surface area contributed by atoms with Gasteiger partial charge in [-0.2, -0.15) is 4.31 Å². The van der Waals surface area contributed by atoms with Crippen molar-refractivity contribution in [3.63, 3.8) is 0 Å². The number of likely N-dealkylation sites (N-methyl/N-ethyl adjacent to an activating group) is 2. The molecule has 1 N–H and O–H groups in total. The van der Waals surface area contributed by atoms with Gasteiger partial charge in [-0.15, -0.1) is 0 Å². The third-order valence-corrected chi connectivity index (χ3v) is 4.30. The lowest BCUT2D eigenvalue weighted by Crippen LogP contribution is -2.43. The highest BCUT2D eigenvalue weighted by Gasteiger charge is 2.25. The fraction of sp³-hybridized carbons (Fsp3) is 0.889. The molecule has 0 atom stereocenters. The van der Waals surface area contributed by atoms with Crippen LogP contribution in [0.5, 0.6) is 0 Å². The standard InChI is InChI=1S/C9H20N2O3S/c1-5-10-9(12)7-11(6-2)15(13,14)8(3)4/h8H,5-7H2,1-4H3,(H,10,12). The number of nitrogens with one attached hydrogen (secondary N) is 1. The van der Waals surface area contributed by atoms with Crippen LogP contribution in [-0.2, 0) is 14.8 Å². The van der Waals surface area contributed by atoms with Gasteiger partial charge in [0.1, 0.15) is 0 Å². The smallest absolute Gasteiger partial charge is 0.235 e. The summed E-state index contributed by atoms with van der Waals surface area (Å²) in [5.74, 6) is -0.261. The Morgan fingerprint density at radius 1 is 1.33 bits per heavy atom. The normalized spacial score (nSPS) is 12.1.